The molecule has 0 spiro atoms. The van der Waals surface area contributed by atoms with Crippen LogP contribution in [0.5, 0.6) is 0 Å². The van der Waals surface area contributed by atoms with Gasteiger partial charge in [-0.15, -0.1) is 0 Å². The predicted octanol–water partition coefficient (Wildman–Crippen LogP) is 1.85. The topological polar surface area (TPSA) is 69.6 Å². The Kier molecular flexibility index (Phi) is 6.73. The minimum Gasteiger partial charge on any atom is -0.478 e. The van der Waals surface area contributed by atoms with E-state index in [9.17, 15) is 9.59 Å². The maximum atomic E-state index is 11.9. The molecule has 0 aliphatic rings. The van der Waals surface area contributed by atoms with Gasteiger partial charge in [-0.05, 0) is 51.2 Å². The van der Waals surface area contributed by atoms with Crippen LogP contribution < -0.4 is 5.32 Å². The molecular weight excluding hydrogens is 256 g/mol. The maximum absolute atomic E-state index is 11.9. The number of hydrogen-bond donors (Lipinski definition) is 2. The highest BCUT2D eigenvalue weighted by Gasteiger charge is 2.08. The second-order valence-electron chi connectivity index (χ2n) is 4.80. The van der Waals surface area contributed by atoms with E-state index in [1.54, 1.807) is 12.1 Å². The van der Waals surface area contributed by atoms with Gasteiger partial charge in [0.1, 0.15) is 0 Å². The first-order valence-corrected chi connectivity index (χ1v) is 6.84. The molecule has 20 heavy (non-hydrogen) atoms. The molecule has 2 N–H and O–H groups in total. The van der Waals surface area contributed by atoms with Crippen molar-refractivity contribution in [2.75, 3.05) is 26.7 Å². The molecule has 0 saturated carbocycles. The number of hydrogen-bond acceptors (Lipinski definition) is 3. The van der Waals surface area contributed by atoms with Crippen LogP contribution in [0.3, 0.4) is 0 Å². The smallest absolute Gasteiger partial charge is 0.335 e. The summed E-state index contributed by atoms with van der Waals surface area (Å²) in [7, 11) is 2.06. The van der Waals surface area contributed by atoms with E-state index in [1.165, 1.54) is 12.1 Å². The summed E-state index contributed by atoms with van der Waals surface area (Å²) < 4.78 is 0. The molecule has 0 heterocycles. The van der Waals surface area contributed by atoms with Crippen LogP contribution >= 0.6 is 0 Å². The molecule has 0 aromatic heterocycles. The fraction of sp³-hybridized carbons (Fsp3) is 0.467. The number of benzene rings is 1. The van der Waals surface area contributed by atoms with Crippen LogP contribution in [-0.4, -0.2) is 48.6 Å². The molecule has 0 atom stereocenters. The van der Waals surface area contributed by atoms with Crippen molar-refractivity contribution in [2.45, 2.75) is 19.8 Å². The van der Waals surface area contributed by atoms with Crippen molar-refractivity contribution < 1.29 is 14.7 Å². The molecule has 1 aromatic carbocycles. The van der Waals surface area contributed by atoms with E-state index < -0.39 is 5.97 Å². The van der Waals surface area contributed by atoms with Crippen molar-refractivity contribution in [3.63, 3.8) is 0 Å². The zero-order valence-corrected chi connectivity index (χ0v) is 12.1. The summed E-state index contributed by atoms with van der Waals surface area (Å²) in [5.74, 6) is -1.26. The van der Waals surface area contributed by atoms with Crippen molar-refractivity contribution >= 4 is 11.9 Å². The molecule has 5 nitrogen and oxygen atoms in total. The van der Waals surface area contributed by atoms with Crippen molar-refractivity contribution in [1.29, 1.82) is 0 Å². The van der Waals surface area contributed by atoms with Gasteiger partial charge in [-0.25, -0.2) is 4.79 Å². The second-order valence-corrected chi connectivity index (χ2v) is 4.80. The Morgan fingerprint density at radius 1 is 1.25 bits per heavy atom. The Hall–Kier alpha value is -1.88. The van der Waals surface area contributed by atoms with Crippen LogP contribution in [0.1, 0.15) is 40.5 Å². The summed E-state index contributed by atoms with van der Waals surface area (Å²) in [4.78, 5) is 24.9. The molecule has 0 fully saturated rings. The summed E-state index contributed by atoms with van der Waals surface area (Å²) in [5, 5.41) is 11.7. The first kappa shape index (κ1) is 16.2. The summed E-state index contributed by atoms with van der Waals surface area (Å²) in [5.41, 5.74) is 0.507. The van der Waals surface area contributed by atoms with Gasteiger partial charge in [-0.3, -0.25) is 4.79 Å². The number of aromatic carboxylic acids is 1. The van der Waals surface area contributed by atoms with Crippen molar-refractivity contribution in [1.82, 2.24) is 10.2 Å². The summed E-state index contributed by atoms with van der Waals surface area (Å²) >= 11 is 0. The number of nitrogens with zero attached hydrogens (tertiary/aromatic N) is 1. The molecule has 0 bridgehead atoms. The summed E-state index contributed by atoms with van der Waals surface area (Å²) in [6, 6.07) is 6.05. The third kappa shape index (κ3) is 5.40. The molecule has 0 radical (unpaired) electrons. The van der Waals surface area contributed by atoms with E-state index in [-0.39, 0.29) is 11.5 Å². The third-order valence-electron chi connectivity index (χ3n) is 2.98. The normalized spacial score (nSPS) is 10.6. The quantitative estimate of drug-likeness (QED) is 0.712. The Bertz CT molecular complexity index is 460. The fourth-order valence-corrected chi connectivity index (χ4v) is 1.94. The van der Waals surface area contributed by atoms with Crippen molar-refractivity contribution in [3.8, 4) is 0 Å². The molecule has 0 aliphatic heterocycles. The minimum absolute atomic E-state index is 0.125. The molecular formula is C15H22N2O3. The van der Waals surface area contributed by atoms with Crippen LogP contribution in [-0.2, 0) is 0 Å². The molecule has 0 saturated heterocycles. The lowest BCUT2D eigenvalue weighted by Gasteiger charge is -2.15. The van der Waals surface area contributed by atoms with Crippen LogP contribution in [0.4, 0.5) is 0 Å². The summed E-state index contributed by atoms with van der Waals surface area (Å²) in [6.45, 7) is 4.70. The Morgan fingerprint density at radius 2 is 1.95 bits per heavy atom. The maximum Gasteiger partial charge on any atom is 0.335 e. The van der Waals surface area contributed by atoms with Crippen LogP contribution in [0.25, 0.3) is 0 Å². The van der Waals surface area contributed by atoms with E-state index in [2.05, 4.69) is 24.2 Å². The van der Waals surface area contributed by atoms with Crippen LogP contribution in [0.2, 0.25) is 0 Å². The van der Waals surface area contributed by atoms with Gasteiger partial charge in [0.25, 0.3) is 5.91 Å². The number of rotatable bonds is 8. The first-order chi connectivity index (χ1) is 9.54. The standard InChI is InChI=1S/C15H22N2O3/c1-3-9-17(2)10-5-8-16-14(18)12-6-4-7-13(11-12)15(19)20/h4,6-7,11H,3,5,8-10H2,1-2H3,(H,16,18)(H,19,20). The number of carbonyl (C=O) groups excluding carboxylic acids is 1. The Morgan fingerprint density at radius 3 is 2.60 bits per heavy atom. The van der Waals surface area contributed by atoms with Gasteiger partial charge < -0.3 is 15.3 Å². The average molecular weight is 278 g/mol. The van der Waals surface area contributed by atoms with Crippen molar-refractivity contribution in [3.05, 3.63) is 35.4 Å². The number of carboxylic acids is 1. The first-order valence-electron chi connectivity index (χ1n) is 6.84. The van der Waals surface area contributed by atoms with Crippen LogP contribution in [0, 0.1) is 0 Å². The van der Waals surface area contributed by atoms with Crippen molar-refractivity contribution in [2.24, 2.45) is 0 Å². The van der Waals surface area contributed by atoms with Gasteiger partial charge in [0.2, 0.25) is 0 Å². The summed E-state index contributed by atoms with van der Waals surface area (Å²) in [6.07, 6.45) is 1.99. The molecule has 1 amide bonds. The average Bonchev–Trinajstić information content (AvgIpc) is 2.43. The Balaban J connectivity index is 2.39. The van der Waals surface area contributed by atoms with E-state index in [4.69, 9.17) is 5.11 Å². The number of amides is 1. The molecule has 0 aliphatic carbocycles. The van der Waals surface area contributed by atoms with Gasteiger partial charge in [0, 0.05) is 12.1 Å². The van der Waals surface area contributed by atoms with Gasteiger partial charge in [-0.1, -0.05) is 13.0 Å². The molecule has 0 unspecified atom stereocenters. The lowest BCUT2D eigenvalue weighted by atomic mass is 10.1. The molecule has 110 valence electrons. The number of carboxylic acid groups (broad SMARTS) is 1. The highest BCUT2D eigenvalue weighted by atomic mass is 16.4. The lowest BCUT2D eigenvalue weighted by Crippen LogP contribution is -2.28. The van der Waals surface area contributed by atoms with E-state index in [0.717, 1.165) is 25.9 Å². The molecule has 1 rings (SSSR count). The van der Waals surface area contributed by atoms with Gasteiger partial charge >= 0.3 is 5.97 Å². The highest BCUT2D eigenvalue weighted by Crippen LogP contribution is 2.05. The van der Waals surface area contributed by atoms with E-state index in [1.807, 2.05) is 0 Å². The molecule has 5 heteroatoms. The van der Waals surface area contributed by atoms with E-state index >= 15 is 0 Å². The minimum atomic E-state index is -1.03. The van der Waals surface area contributed by atoms with Crippen LogP contribution in [0.15, 0.2) is 24.3 Å². The molecule has 1 aromatic rings. The third-order valence-corrected chi connectivity index (χ3v) is 2.98. The zero-order chi connectivity index (χ0) is 15.0. The zero-order valence-electron chi connectivity index (χ0n) is 12.1. The SMILES string of the molecule is CCCN(C)CCCNC(=O)c1cccc(C(=O)O)c1. The number of nitrogens with one attached hydrogen (secondary N) is 1. The predicted molar refractivity (Wildman–Crippen MR) is 78.1 cm³/mol. The largest absolute Gasteiger partial charge is 0.478 e. The monoisotopic (exact) mass is 278 g/mol. The van der Waals surface area contributed by atoms with Gasteiger partial charge in [0.15, 0.2) is 0 Å². The number of carbonyl (C=O) groups is 2. The second kappa shape index (κ2) is 8.32. The van der Waals surface area contributed by atoms with E-state index in [0.29, 0.717) is 12.1 Å². The van der Waals surface area contributed by atoms with Gasteiger partial charge in [-0.2, -0.15) is 0 Å². The fourth-order valence-electron chi connectivity index (χ4n) is 1.94. The Labute approximate surface area is 119 Å². The van der Waals surface area contributed by atoms with Gasteiger partial charge in [0.05, 0.1) is 5.56 Å². The highest BCUT2D eigenvalue weighted by molar-refractivity contribution is 5.97. The lowest BCUT2D eigenvalue weighted by molar-refractivity contribution is 0.0697.